The van der Waals surface area contributed by atoms with E-state index in [0.29, 0.717) is 6.54 Å². The van der Waals surface area contributed by atoms with E-state index in [4.69, 9.17) is 4.74 Å². The van der Waals surface area contributed by atoms with E-state index in [-0.39, 0.29) is 17.6 Å². The fourth-order valence-corrected chi connectivity index (χ4v) is 3.60. The molecule has 0 bridgehead atoms. The summed E-state index contributed by atoms with van der Waals surface area (Å²) < 4.78 is 5.17. The third kappa shape index (κ3) is 6.37. The smallest absolute Gasteiger partial charge is 0.316 e. The minimum absolute atomic E-state index is 0.244. The normalized spacial score (nSPS) is 11.8. The Kier molecular flexibility index (Phi) is 7.34. The van der Waals surface area contributed by atoms with E-state index in [0.717, 1.165) is 11.3 Å². The fourth-order valence-electron chi connectivity index (χ4n) is 1.95. The van der Waals surface area contributed by atoms with Crippen molar-refractivity contribution in [3.8, 4) is 0 Å². The molecule has 0 spiro atoms. The Labute approximate surface area is 150 Å². The van der Waals surface area contributed by atoms with Gasteiger partial charge < -0.3 is 10.1 Å². The van der Waals surface area contributed by atoms with Crippen LogP contribution in [0.5, 0.6) is 0 Å². The summed E-state index contributed by atoms with van der Waals surface area (Å²) in [7, 11) is 0. The highest BCUT2D eigenvalue weighted by molar-refractivity contribution is 7.99. The molecule has 6 heteroatoms. The van der Waals surface area contributed by atoms with Gasteiger partial charge in [0.15, 0.2) is 6.10 Å². The van der Waals surface area contributed by atoms with Gasteiger partial charge in [0.2, 0.25) is 0 Å². The first-order valence-corrected chi connectivity index (χ1v) is 9.71. The van der Waals surface area contributed by atoms with Crippen molar-refractivity contribution < 1.29 is 14.3 Å². The topological polar surface area (TPSA) is 55.4 Å². The molecule has 0 fully saturated rings. The van der Waals surface area contributed by atoms with Crippen LogP contribution in [-0.2, 0) is 26.6 Å². The van der Waals surface area contributed by atoms with Gasteiger partial charge in [0.1, 0.15) is 0 Å². The molecule has 1 N–H and O–H groups in total. The first-order chi connectivity index (χ1) is 11.5. The maximum atomic E-state index is 12.0. The fraction of sp³-hybridized carbons (Fsp3) is 0.333. The number of carbonyl (C=O) groups excluding carboxylic acids is 2. The van der Waals surface area contributed by atoms with E-state index in [1.807, 2.05) is 48.7 Å². The Hall–Kier alpha value is -1.79. The number of thioether (sulfide) groups is 1. The largest absolute Gasteiger partial charge is 0.452 e. The van der Waals surface area contributed by atoms with E-state index < -0.39 is 6.10 Å². The maximum absolute atomic E-state index is 12.0. The molecule has 4 nitrogen and oxygen atoms in total. The van der Waals surface area contributed by atoms with Gasteiger partial charge in [-0.2, -0.15) is 0 Å². The van der Waals surface area contributed by atoms with Crippen molar-refractivity contribution in [2.75, 3.05) is 5.75 Å². The lowest BCUT2D eigenvalue weighted by atomic mass is 10.1. The van der Waals surface area contributed by atoms with Crippen LogP contribution in [0.3, 0.4) is 0 Å². The van der Waals surface area contributed by atoms with Crippen molar-refractivity contribution in [3.05, 3.63) is 57.8 Å². The zero-order chi connectivity index (χ0) is 17.4. The molecule has 0 aliphatic heterocycles. The molecule has 0 aliphatic rings. The van der Waals surface area contributed by atoms with E-state index in [2.05, 4.69) is 5.32 Å². The molecule has 24 heavy (non-hydrogen) atoms. The lowest BCUT2D eigenvalue weighted by molar-refractivity contribution is -0.152. The Morgan fingerprint density at radius 3 is 2.67 bits per heavy atom. The molecule has 1 aromatic heterocycles. The molecular formula is C18H21NO3S2. The van der Waals surface area contributed by atoms with Gasteiger partial charge in [-0.25, -0.2) is 0 Å². The monoisotopic (exact) mass is 363 g/mol. The molecule has 1 amide bonds. The zero-order valence-electron chi connectivity index (χ0n) is 13.8. The molecule has 2 aromatic rings. The van der Waals surface area contributed by atoms with Crippen LogP contribution in [0.4, 0.5) is 0 Å². The molecule has 128 valence electrons. The first-order valence-electron chi connectivity index (χ1n) is 7.67. The van der Waals surface area contributed by atoms with Crippen molar-refractivity contribution >= 4 is 35.0 Å². The number of rotatable bonds is 8. The SMILES string of the molecule is Cc1ccc(CNC(=O)[C@@H](C)OC(=O)CSCc2cccs2)cc1. The van der Waals surface area contributed by atoms with Gasteiger partial charge in [0, 0.05) is 17.2 Å². The van der Waals surface area contributed by atoms with Crippen molar-refractivity contribution in [1.82, 2.24) is 5.32 Å². The van der Waals surface area contributed by atoms with Gasteiger partial charge in [-0.05, 0) is 30.9 Å². The van der Waals surface area contributed by atoms with E-state index in [9.17, 15) is 9.59 Å². The van der Waals surface area contributed by atoms with E-state index >= 15 is 0 Å². The Bertz CT molecular complexity index is 653. The lowest BCUT2D eigenvalue weighted by Gasteiger charge is -2.13. The first kappa shape index (κ1) is 18.5. The maximum Gasteiger partial charge on any atom is 0.316 e. The van der Waals surface area contributed by atoms with Crippen LogP contribution in [0.25, 0.3) is 0 Å². The number of hydrogen-bond donors (Lipinski definition) is 1. The summed E-state index contributed by atoms with van der Waals surface area (Å²) in [5.74, 6) is 0.371. The van der Waals surface area contributed by atoms with Crippen molar-refractivity contribution in [1.29, 1.82) is 0 Å². The summed E-state index contributed by atoms with van der Waals surface area (Å²) in [5, 5.41) is 4.79. The van der Waals surface area contributed by atoms with E-state index in [1.54, 1.807) is 18.3 Å². The number of thiophene rings is 1. The number of hydrogen-bond acceptors (Lipinski definition) is 5. The highest BCUT2D eigenvalue weighted by Gasteiger charge is 2.17. The van der Waals surface area contributed by atoms with Crippen LogP contribution in [0.1, 0.15) is 22.9 Å². The average molecular weight is 364 g/mol. The van der Waals surface area contributed by atoms with Crippen molar-refractivity contribution in [2.45, 2.75) is 32.2 Å². The molecule has 0 radical (unpaired) electrons. The van der Waals surface area contributed by atoms with Gasteiger partial charge in [-0.15, -0.1) is 23.1 Å². The van der Waals surface area contributed by atoms with E-state index in [1.165, 1.54) is 22.2 Å². The summed E-state index contributed by atoms with van der Waals surface area (Å²) in [6.07, 6.45) is -0.787. The Morgan fingerprint density at radius 1 is 1.25 bits per heavy atom. The second-order valence-corrected chi connectivity index (χ2v) is 7.43. The number of nitrogens with one attached hydrogen (secondary N) is 1. The molecular weight excluding hydrogens is 342 g/mol. The summed E-state index contributed by atoms with van der Waals surface area (Å²) in [6.45, 7) is 4.03. The van der Waals surface area contributed by atoms with Crippen molar-refractivity contribution in [3.63, 3.8) is 0 Å². The third-order valence-electron chi connectivity index (χ3n) is 3.31. The number of aryl methyl sites for hydroxylation is 1. The summed E-state index contributed by atoms with van der Waals surface area (Å²) in [5.41, 5.74) is 2.19. The number of benzene rings is 1. The molecule has 1 atom stereocenters. The molecule has 0 aliphatic carbocycles. The van der Waals surface area contributed by atoms with Gasteiger partial charge >= 0.3 is 5.97 Å². The minimum Gasteiger partial charge on any atom is -0.452 e. The number of ether oxygens (including phenoxy) is 1. The number of amides is 1. The van der Waals surface area contributed by atoms with Crippen LogP contribution >= 0.6 is 23.1 Å². The minimum atomic E-state index is -0.787. The predicted octanol–water partition coefficient (Wildman–Crippen LogP) is 3.54. The van der Waals surface area contributed by atoms with Crippen LogP contribution in [0, 0.1) is 6.92 Å². The highest BCUT2D eigenvalue weighted by Crippen LogP contribution is 2.17. The Morgan fingerprint density at radius 2 is 2.00 bits per heavy atom. The molecule has 2 rings (SSSR count). The van der Waals surface area contributed by atoms with Gasteiger partial charge in [0.05, 0.1) is 5.75 Å². The summed E-state index contributed by atoms with van der Waals surface area (Å²) in [4.78, 5) is 25.0. The number of esters is 1. The van der Waals surface area contributed by atoms with Gasteiger partial charge in [-0.3, -0.25) is 9.59 Å². The quantitative estimate of drug-likeness (QED) is 0.729. The zero-order valence-corrected chi connectivity index (χ0v) is 15.4. The predicted molar refractivity (Wildman–Crippen MR) is 99.1 cm³/mol. The van der Waals surface area contributed by atoms with Gasteiger partial charge in [-0.1, -0.05) is 35.9 Å². The van der Waals surface area contributed by atoms with Crippen LogP contribution in [0.2, 0.25) is 0 Å². The second-order valence-electron chi connectivity index (χ2n) is 5.41. The van der Waals surface area contributed by atoms with Crippen LogP contribution < -0.4 is 5.32 Å². The summed E-state index contributed by atoms with van der Waals surface area (Å²) >= 11 is 3.15. The highest BCUT2D eigenvalue weighted by atomic mass is 32.2. The molecule has 1 heterocycles. The molecule has 0 saturated heterocycles. The lowest BCUT2D eigenvalue weighted by Crippen LogP contribution is -2.35. The summed E-state index contributed by atoms with van der Waals surface area (Å²) in [6, 6.07) is 11.9. The van der Waals surface area contributed by atoms with Gasteiger partial charge in [0.25, 0.3) is 5.91 Å². The van der Waals surface area contributed by atoms with Crippen LogP contribution in [0.15, 0.2) is 41.8 Å². The number of carbonyl (C=O) groups is 2. The molecule has 1 aromatic carbocycles. The molecule has 0 unspecified atom stereocenters. The molecule has 0 saturated carbocycles. The standard InChI is InChI=1S/C18H21NO3S2/c1-13-5-7-15(8-6-13)10-19-18(21)14(2)22-17(20)12-23-11-16-4-3-9-24-16/h3-9,14H,10-12H2,1-2H3,(H,19,21)/t14-/m1/s1. The Balaban J connectivity index is 1.66. The average Bonchev–Trinajstić information content (AvgIpc) is 3.07. The van der Waals surface area contributed by atoms with Crippen molar-refractivity contribution in [2.24, 2.45) is 0 Å². The second kappa shape index (κ2) is 9.49. The van der Waals surface area contributed by atoms with Crippen LogP contribution in [-0.4, -0.2) is 23.7 Å². The third-order valence-corrected chi connectivity index (χ3v) is 5.32.